The highest BCUT2D eigenvalue weighted by Crippen LogP contribution is 2.34. The SMILES string of the molecule is Cc1cnc(C(=O)Nc2cccc([C@H](C)Sc3nncn3C)c2)cc1C. The van der Waals surface area contributed by atoms with Gasteiger partial charge in [-0.2, -0.15) is 0 Å². The van der Waals surface area contributed by atoms with E-state index in [9.17, 15) is 4.79 Å². The number of hydrogen-bond donors (Lipinski definition) is 1. The minimum absolute atomic E-state index is 0.175. The van der Waals surface area contributed by atoms with Gasteiger partial charge in [-0.1, -0.05) is 23.9 Å². The van der Waals surface area contributed by atoms with Gasteiger partial charge in [-0.15, -0.1) is 10.2 Å². The summed E-state index contributed by atoms with van der Waals surface area (Å²) in [6, 6.07) is 9.64. The standard InChI is InChI=1S/C19H21N5OS/c1-12-8-17(20-10-13(12)2)18(25)22-16-7-5-6-15(9-16)14(3)26-19-23-21-11-24(19)4/h5-11,14H,1-4H3,(H,22,25)/t14-/m0/s1. The Morgan fingerprint density at radius 3 is 2.73 bits per heavy atom. The van der Waals surface area contributed by atoms with Gasteiger partial charge in [0.1, 0.15) is 12.0 Å². The fraction of sp³-hybridized carbons (Fsp3) is 0.263. The first-order chi connectivity index (χ1) is 12.4. The smallest absolute Gasteiger partial charge is 0.274 e. The van der Waals surface area contributed by atoms with Crippen LogP contribution in [0.2, 0.25) is 0 Å². The third kappa shape index (κ3) is 4.11. The molecule has 0 aliphatic heterocycles. The second kappa shape index (κ2) is 7.70. The van der Waals surface area contributed by atoms with Crippen LogP contribution in [-0.4, -0.2) is 25.7 Å². The number of aryl methyl sites for hydroxylation is 3. The van der Waals surface area contributed by atoms with Gasteiger partial charge in [-0.25, -0.2) is 0 Å². The van der Waals surface area contributed by atoms with Gasteiger partial charge < -0.3 is 9.88 Å². The molecule has 0 unspecified atom stereocenters. The van der Waals surface area contributed by atoms with Gasteiger partial charge in [0, 0.05) is 24.2 Å². The average molecular weight is 367 g/mol. The summed E-state index contributed by atoms with van der Waals surface area (Å²) in [4.78, 5) is 16.7. The summed E-state index contributed by atoms with van der Waals surface area (Å²) in [5, 5.41) is 12.0. The molecule has 0 bridgehead atoms. The number of carbonyl (C=O) groups excluding carboxylic acids is 1. The minimum atomic E-state index is -0.209. The maximum absolute atomic E-state index is 12.5. The number of rotatable bonds is 5. The van der Waals surface area contributed by atoms with Gasteiger partial charge in [0.05, 0.1) is 0 Å². The fourth-order valence-corrected chi connectivity index (χ4v) is 3.33. The van der Waals surface area contributed by atoms with Crippen molar-refractivity contribution in [3.05, 3.63) is 65.2 Å². The van der Waals surface area contributed by atoms with Crippen LogP contribution in [0.3, 0.4) is 0 Å². The van der Waals surface area contributed by atoms with Crippen LogP contribution in [0.5, 0.6) is 0 Å². The Morgan fingerprint density at radius 1 is 1.23 bits per heavy atom. The largest absolute Gasteiger partial charge is 0.321 e. The van der Waals surface area contributed by atoms with Crippen molar-refractivity contribution in [2.24, 2.45) is 7.05 Å². The number of nitrogens with zero attached hydrogens (tertiary/aromatic N) is 4. The zero-order chi connectivity index (χ0) is 18.7. The summed E-state index contributed by atoms with van der Waals surface area (Å²) in [6.07, 6.45) is 3.41. The van der Waals surface area contributed by atoms with E-state index >= 15 is 0 Å². The molecule has 7 heteroatoms. The Labute approximate surface area is 157 Å². The van der Waals surface area contributed by atoms with E-state index in [-0.39, 0.29) is 11.2 Å². The van der Waals surface area contributed by atoms with Crippen LogP contribution < -0.4 is 5.32 Å². The van der Waals surface area contributed by atoms with Gasteiger partial charge in [0.15, 0.2) is 5.16 Å². The molecule has 3 aromatic rings. The van der Waals surface area contributed by atoms with E-state index in [4.69, 9.17) is 0 Å². The van der Waals surface area contributed by atoms with Crippen molar-refractivity contribution in [1.29, 1.82) is 0 Å². The lowest BCUT2D eigenvalue weighted by Crippen LogP contribution is -2.14. The van der Waals surface area contributed by atoms with Crippen LogP contribution >= 0.6 is 11.8 Å². The molecule has 1 aromatic carbocycles. The highest BCUT2D eigenvalue weighted by atomic mass is 32.2. The number of anilines is 1. The third-order valence-electron chi connectivity index (χ3n) is 4.17. The van der Waals surface area contributed by atoms with Crippen LogP contribution in [0.4, 0.5) is 5.69 Å². The van der Waals surface area contributed by atoms with Crippen molar-refractivity contribution in [3.8, 4) is 0 Å². The lowest BCUT2D eigenvalue weighted by Gasteiger charge is -2.13. The van der Waals surface area contributed by atoms with Crippen molar-refractivity contribution in [2.45, 2.75) is 31.2 Å². The minimum Gasteiger partial charge on any atom is -0.321 e. The molecule has 2 heterocycles. The lowest BCUT2D eigenvalue weighted by atomic mass is 10.1. The molecule has 0 aliphatic rings. The van der Waals surface area contributed by atoms with Crippen LogP contribution in [-0.2, 0) is 7.05 Å². The zero-order valence-corrected chi connectivity index (χ0v) is 16.0. The molecular formula is C19H21N5OS. The maximum atomic E-state index is 12.5. The van der Waals surface area contributed by atoms with Crippen molar-refractivity contribution in [1.82, 2.24) is 19.7 Å². The predicted octanol–water partition coefficient (Wildman–Crippen LogP) is 3.93. The Bertz CT molecular complexity index is 937. The second-order valence-corrected chi connectivity index (χ2v) is 7.53. The van der Waals surface area contributed by atoms with E-state index in [1.807, 2.05) is 49.7 Å². The first-order valence-corrected chi connectivity index (χ1v) is 9.17. The van der Waals surface area contributed by atoms with Gasteiger partial charge in [0.2, 0.25) is 0 Å². The Balaban J connectivity index is 1.73. The molecule has 6 nitrogen and oxygen atoms in total. The third-order valence-corrected chi connectivity index (χ3v) is 5.38. The maximum Gasteiger partial charge on any atom is 0.274 e. The van der Waals surface area contributed by atoms with E-state index in [0.717, 1.165) is 27.5 Å². The molecule has 3 rings (SSSR count). The number of benzene rings is 1. The normalized spacial score (nSPS) is 12.0. The summed E-state index contributed by atoms with van der Waals surface area (Å²) < 4.78 is 1.89. The molecule has 0 aliphatic carbocycles. The van der Waals surface area contributed by atoms with Crippen LogP contribution in [0.1, 0.15) is 39.4 Å². The topological polar surface area (TPSA) is 72.7 Å². The fourth-order valence-electron chi connectivity index (χ4n) is 2.42. The first-order valence-electron chi connectivity index (χ1n) is 8.29. The molecule has 1 atom stereocenters. The van der Waals surface area contributed by atoms with E-state index in [0.29, 0.717) is 5.69 Å². The second-order valence-electron chi connectivity index (χ2n) is 6.22. The number of pyridine rings is 1. The molecule has 0 saturated heterocycles. The number of aromatic nitrogens is 4. The molecule has 26 heavy (non-hydrogen) atoms. The summed E-state index contributed by atoms with van der Waals surface area (Å²) in [5.74, 6) is -0.209. The number of nitrogens with one attached hydrogen (secondary N) is 1. The highest BCUT2D eigenvalue weighted by Gasteiger charge is 2.13. The number of carbonyl (C=O) groups is 1. The lowest BCUT2D eigenvalue weighted by molar-refractivity contribution is 0.102. The van der Waals surface area contributed by atoms with Crippen molar-refractivity contribution >= 4 is 23.4 Å². The number of hydrogen-bond acceptors (Lipinski definition) is 5. The van der Waals surface area contributed by atoms with E-state index in [1.54, 1.807) is 30.4 Å². The van der Waals surface area contributed by atoms with Crippen molar-refractivity contribution in [3.63, 3.8) is 0 Å². The number of thioether (sulfide) groups is 1. The predicted molar refractivity (Wildman–Crippen MR) is 103 cm³/mol. The summed E-state index contributed by atoms with van der Waals surface area (Å²) in [7, 11) is 1.92. The Morgan fingerprint density at radius 2 is 2.04 bits per heavy atom. The van der Waals surface area contributed by atoms with E-state index in [1.165, 1.54) is 0 Å². The Kier molecular flexibility index (Phi) is 5.37. The van der Waals surface area contributed by atoms with Crippen LogP contribution in [0.25, 0.3) is 0 Å². The quantitative estimate of drug-likeness (QED) is 0.692. The molecule has 0 fully saturated rings. The summed E-state index contributed by atoms with van der Waals surface area (Å²) >= 11 is 1.62. The molecule has 1 amide bonds. The molecule has 1 N–H and O–H groups in total. The van der Waals surface area contributed by atoms with E-state index < -0.39 is 0 Å². The van der Waals surface area contributed by atoms with Gasteiger partial charge >= 0.3 is 0 Å². The first kappa shape index (κ1) is 18.1. The van der Waals surface area contributed by atoms with Gasteiger partial charge in [0.25, 0.3) is 5.91 Å². The van der Waals surface area contributed by atoms with Gasteiger partial charge in [-0.05, 0) is 55.7 Å². The zero-order valence-electron chi connectivity index (χ0n) is 15.2. The number of amides is 1. The van der Waals surface area contributed by atoms with Crippen LogP contribution in [0.15, 0.2) is 48.0 Å². The van der Waals surface area contributed by atoms with Crippen molar-refractivity contribution in [2.75, 3.05) is 5.32 Å². The molecule has 0 radical (unpaired) electrons. The van der Waals surface area contributed by atoms with Crippen molar-refractivity contribution < 1.29 is 4.79 Å². The average Bonchev–Trinajstić information content (AvgIpc) is 3.02. The van der Waals surface area contributed by atoms with Gasteiger partial charge in [-0.3, -0.25) is 9.78 Å². The van der Waals surface area contributed by atoms with E-state index in [2.05, 4.69) is 27.4 Å². The molecule has 2 aromatic heterocycles. The molecule has 0 saturated carbocycles. The Hall–Kier alpha value is -2.67. The molecule has 0 spiro atoms. The van der Waals surface area contributed by atoms with Crippen LogP contribution in [0, 0.1) is 13.8 Å². The molecular weight excluding hydrogens is 346 g/mol. The summed E-state index contributed by atoms with van der Waals surface area (Å²) in [5.41, 5.74) is 4.38. The monoisotopic (exact) mass is 367 g/mol. The summed E-state index contributed by atoms with van der Waals surface area (Å²) in [6.45, 7) is 6.05. The highest BCUT2D eigenvalue weighted by molar-refractivity contribution is 7.99. The molecule has 134 valence electrons.